The van der Waals surface area contributed by atoms with Crippen molar-refractivity contribution in [3.05, 3.63) is 23.4 Å². The molecule has 0 atom stereocenters. The molecule has 0 aliphatic rings. The molecule has 0 saturated heterocycles. The van der Waals surface area contributed by atoms with Crippen LogP contribution in [0.2, 0.25) is 0 Å². The molecule has 0 fully saturated rings. The molecule has 0 spiro atoms. The minimum absolute atomic E-state index is 0.636. The lowest BCUT2D eigenvalue weighted by Gasteiger charge is -2.05. The van der Waals surface area contributed by atoms with Crippen LogP contribution in [-0.2, 0) is 20.1 Å². The summed E-state index contributed by atoms with van der Waals surface area (Å²) in [6.45, 7) is 3.29. The van der Waals surface area contributed by atoms with Crippen molar-refractivity contribution in [3.63, 3.8) is 0 Å². The number of hydrogen-bond donors (Lipinski definition) is 2. The minimum Gasteiger partial charge on any atom is -0.481 e. The van der Waals surface area contributed by atoms with Crippen molar-refractivity contribution in [3.8, 4) is 5.88 Å². The van der Waals surface area contributed by atoms with Gasteiger partial charge in [0.25, 0.3) is 0 Å². The molecule has 0 aliphatic carbocycles. The van der Waals surface area contributed by atoms with Crippen LogP contribution in [-0.4, -0.2) is 32.1 Å². The third-order valence-electron chi connectivity index (χ3n) is 2.54. The van der Waals surface area contributed by atoms with Crippen molar-refractivity contribution >= 4 is 0 Å². The molecule has 2 heterocycles. The molecule has 0 amide bonds. The van der Waals surface area contributed by atoms with Crippen LogP contribution in [0.25, 0.3) is 0 Å². The van der Waals surface area contributed by atoms with E-state index >= 15 is 0 Å². The molecule has 17 heavy (non-hydrogen) atoms. The van der Waals surface area contributed by atoms with Crippen LogP contribution < -0.4 is 10.1 Å². The lowest BCUT2D eigenvalue weighted by atomic mass is 10.2. The summed E-state index contributed by atoms with van der Waals surface area (Å²) in [6, 6.07) is 0. The van der Waals surface area contributed by atoms with E-state index in [0.717, 1.165) is 23.0 Å². The first-order valence-corrected chi connectivity index (χ1v) is 5.33. The molecule has 0 unspecified atom stereocenters. The highest BCUT2D eigenvalue weighted by molar-refractivity contribution is 5.30. The highest BCUT2D eigenvalue weighted by Crippen LogP contribution is 2.20. The summed E-state index contributed by atoms with van der Waals surface area (Å²) in [5.41, 5.74) is 2.03. The summed E-state index contributed by atoms with van der Waals surface area (Å²) in [5, 5.41) is 14.2. The Bertz CT molecular complexity index is 475. The first-order valence-electron chi connectivity index (χ1n) is 5.33. The van der Waals surface area contributed by atoms with E-state index in [4.69, 9.17) is 4.74 Å². The molecule has 7 heteroatoms. The Morgan fingerprint density at radius 3 is 2.94 bits per heavy atom. The zero-order valence-corrected chi connectivity index (χ0v) is 10.2. The molecule has 92 valence electrons. The highest BCUT2D eigenvalue weighted by Gasteiger charge is 2.13. The monoisotopic (exact) mass is 236 g/mol. The molecule has 2 aromatic rings. The van der Waals surface area contributed by atoms with Gasteiger partial charge in [-0.25, -0.2) is 9.67 Å². The number of hydrogen-bond acceptors (Lipinski definition) is 5. The number of H-pyrrole nitrogens is 1. The van der Waals surface area contributed by atoms with Gasteiger partial charge in [0, 0.05) is 13.6 Å². The standard InChI is InChI=1S/C10H16N6O/c1-7-8(10(17-3)16(2)15-7)4-11-5-9-12-6-13-14-9/h6,11H,4-5H2,1-3H3,(H,12,13,14). The lowest BCUT2D eigenvalue weighted by molar-refractivity contribution is 0.368. The van der Waals surface area contributed by atoms with Crippen molar-refractivity contribution in [2.45, 2.75) is 20.0 Å². The van der Waals surface area contributed by atoms with Gasteiger partial charge in [-0.05, 0) is 6.92 Å². The Kier molecular flexibility index (Phi) is 3.38. The number of methoxy groups -OCH3 is 1. The van der Waals surface area contributed by atoms with Gasteiger partial charge >= 0.3 is 0 Å². The Hall–Kier alpha value is -1.89. The number of rotatable bonds is 5. The number of aryl methyl sites for hydroxylation is 2. The largest absolute Gasteiger partial charge is 0.481 e. The van der Waals surface area contributed by atoms with E-state index in [1.54, 1.807) is 11.8 Å². The zero-order chi connectivity index (χ0) is 12.3. The number of ether oxygens (including phenoxy) is 1. The minimum atomic E-state index is 0.636. The van der Waals surface area contributed by atoms with Gasteiger partial charge in [-0.15, -0.1) is 0 Å². The fraction of sp³-hybridized carbons (Fsp3) is 0.500. The molecule has 0 saturated carbocycles. The average Bonchev–Trinajstić information content (AvgIpc) is 2.88. The van der Waals surface area contributed by atoms with Gasteiger partial charge in [0.2, 0.25) is 5.88 Å². The predicted molar refractivity (Wildman–Crippen MR) is 61.4 cm³/mol. The number of nitrogens with one attached hydrogen (secondary N) is 2. The van der Waals surface area contributed by atoms with Crippen LogP contribution in [0.1, 0.15) is 17.1 Å². The van der Waals surface area contributed by atoms with Crippen LogP contribution in [0.5, 0.6) is 5.88 Å². The van der Waals surface area contributed by atoms with Gasteiger partial charge in [-0.2, -0.15) is 10.2 Å². The average molecular weight is 236 g/mol. The first-order chi connectivity index (χ1) is 8.22. The lowest BCUT2D eigenvalue weighted by Crippen LogP contribution is -2.14. The van der Waals surface area contributed by atoms with Crippen molar-refractivity contribution in [2.75, 3.05) is 7.11 Å². The molecule has 0 bridgehead atoms. The molecular formula is C10H16N6O. The van der Waals surface area contributed by atoms with Crippen LogP contribution in [0.3, 0.4) is 0 Å². The van der Waals surface area contributed by atoms with Crippen LogP contribution in [0, 0.1) is 6.92 Å². The Balaban J connectivity index is 1.99. The number of nitrogens with zero attached hydrogens (tertiary/aromatic N) is 4. The third kappa shape index (κ3) is 2.44. The van der Waals surface area contributed by atoms with Crippen molar-refractivity contribution < 1.29 is 4.74 Å². The van der Waals surface area contributed by atoms with E-state index in [1.807, 2.05) is 14.0 Å². The highest BCUT2D eigenvalue weighted by atomic mass is 16.5. The SMILES string of the molecule is COc1c(CNCc2ncn[nH]2)c(C)nn1C. The summed E-state index contributed by atoms with van der Waals surface area (Å²) >= 11 is 0. The molecule has 0 aromatic carbocycles. The number of aromatic amines is 1. The fourth-order valence-electron chi connectivity index (χ4n) is 1.76. The smallest absolute Gasteiger partial charge is 0.216 e. The Morgan fingerprint density at radius 1 is 1.47 bits per heavy atom. The molecule has 0 aliphatic heterocycles. The Labute approximate surface area is 99.2 Å². The second kappa shape index (κ2) is 4.96. The normalized spacial score (nSPS) is 10.8. The van der Waals surface area contributed by atoms with Crippen LogP contribution in [0.15, 0.2) is 6.33 Å². The van der Waals surface area contributed by atoms with Gasteiger partial charge < -0.3 is 10.1 Å². The van der Waals surface area contributed by atoms with Crippen molar-refractivity contribution in [1.82, 2.24) is 30.3 Å². The zero-order valence-electron chi connectivity index (χ0n) is 10.2. The fourth-order valence-corrected chi connectivity index (χ4v) is 1.76. The van der Waals surface area contributed by atoms with Crippen molar-refractivity contribution in [2.24, 2.45) is 7.05 Å². The van der Waals surface area contributed by atoms with Crippen LogP contribution in [0.4, 0.5) is 0 Å². The van der Waals surface area contributed by atoms with Crippen molar-refractivity contribution in [1.29, 1.82) is 0 Å². The molecule has 2 aromatic heterocycles. The second-order valence-electron chi connectivity index (χ2n) is 3.73. The summed E-state index contributed by atoms with van der Waals surface area (Å²) in [6.07, 6.45) is 1.49. The maximum Gasteiger partial charge on any atom is 0.216 e. The topological polar surface area (TPSA) is 80.7 Å². The number of aromatic nitrogens is 5. The van der Waals surface area contributed by atoms with Gasteiger partial charge in [0.05, 0.1) is 24.9 Å². The van der Waals surface area contributed by atoms with Gasteiger partial charge in [-0.1, -0.05) is 0 Å². The summed E-state index contributed by atoms with van der Waals surface area (Å²) in [4.78, 5) is 4.04. The molecule has 7 nitrogen and oxygen atoms in total. The third-order valence-corrected chi connectivity index (χ3v) is 2.54. The van der Waals surface area contributed by atoms with E-state index < -0.39 is 0 Å². The molecule has 0 radical (unpaired) electrons. The summed E-state index contributed by atoms with van der Waals surface area (Å²) in [7, 11) is 3.52. The van der Waals surface area contributed by atoms with E-state index in [0.29, 0.717) is 13.1 Å². The van der Waals surface area contributed by atoms with Crippen LogP contribution >= 0.6 is 0 Å². The van der Waals surface area contributed by atoms with E-state index in [-0.39, 0.29) is 0 Å². The maximum absolute atomic E-state index is 5.31. The van der Waals surface area contributed by atoms with Gasteiger partial charge in [0.1, 0.15) is 12.2 Å². The van der Waals surface area contributed by atoms with E-state index in [2.05, 4.69) is 25.6 Å². The van der Waals surface area contributed by atoms with E-state index in [1.165, 1.54) is 6.33 Å². The predicted octanol–water partition coefficient (Wildman–Crippen LogP) is 0.145. The summed E-state index contributed by atoms with van der Waals surface area (Å²) in [5.74, 6) is 1.60. The second-order valence-corrected chi connectivity index (χ2v) is 3.73. The molecule has 2 rings (SSSR count). The van der Waals surface area contributed by atoms with E-state index in [9.17, 15) is 0 Å². The van der Waals surface area contributed by atoms with Gasteiger partial charge in [0.15, 0.2) is 0 Å². The Morgan fingerprint density at radius 2 is 2.29 bits per heavy atom. The summed E-state index contributed by atoms with van der Waals surface area (Å²) < 4.78 is 7.05. The molecule has 2 N–H and O–H groups in total. The quantitative estimate of drug-likeness (QED) is 0.772. The first kappa shape index (κ1) is 11.6. The maximum atomic E-state index is 5.31. The van der Waals surface area contributed by atoms with Gasteiger partial charge in [-0.3, -0.25) is 5.10 Å². The molecular weight excluding hydrogens is 220 g/mol.